The molecule has 0 bridgehead atoms. The second kappa shape index (κ2) is 12.7. The first-order valence-corrected chi connectivity index (χ1v) is 13.0. The van der Waals surface area contributed by atoms with E-state index < -0.39 is 11.5 Å². The van der Waals surface area contributed by atoms with Crippen molar-refractivity contribution in [1.82, 2.24) is 5.32 Å². The van der Waals surface area contributed by atoms with Crippen molar-refractivity contribution in [2.24, 2.45) is 5.41 Å². The molecule has 2 amide bonds. The number of nitrogens with one attached hydrogen (secondary N) is 2. The zero-order valence-electron chi connectivity index (χ0n) is 20.3. The number of phenolic OH excluding ortho intramolecular Hbond substituents is 1. The Labute approximate surface area is 211 Å². The fourth-order valence-corrected chi connectivity index (χ4v) is 5.26. The lowest BCUT2D eigenvalue weighted by Gasteiger charge is -2.39. The number of aromatic hydroxyl groups is 1. The van der Waals surface area contributed by atoms with E-state index in [0.29, 0.717) is 30.9 Å². The Hall–Kier alpha value is -2.84. The van der Waals surface area contributed by atoms with Crippen molar-refractivity contribution >= 4 is 34.4 Å². The molecule has 0 heterocycles. The molecule has 0 aromatic heterocycles. The molecule has 0 aliphatic heterocycles. The fraction of sp³-hybridized carbons (Fsp3) is 0.444. The highest BCUT2D eigenvalue weighted by Gasteiger charge is 2.43. The van der Waals surface area contributed by atoms with Gasteiger partial charge in [0.1, 0.15) is 11.8 Å². The van der Waals surface area contributed by atoms with Crippen LogP contribution in [0, 0.1) is 5.41 Å². The molecule has 1 aliphatic carbocycles. The Balaban J connectivity index is 1.80. The van der Waals surface area contributed by atoms with E-state index >= 15 is 0 Å². The molecule has 3 rings (SSSR count). The topological polar surface area (TPSA) is 105 Å². The number of carbonyl (C=O) groups excluding carboxylic acids is 3. The molecule has 1 fully saturated rings. The van der Waals surface area contributed by atoms with Crippen molar-refractivity contribution in [3.63, 3.8) is 0 Å². The molecule has 0 spiro atoms. The van der Waals surface area contributed by atoms with Crippen LogP contribution in [0.3, 0.4) is 0 Å². The van der Waals surface area contributed by atoms with Crippen molar-refractivity contribution in [1.29, 1.82) is 0 Å². The average molecular weight is 499 g/mol. The molecule has 1 atom stereocenters. The summed E-state index contributed by atoms with van der Waals surface area (Å²) in [6.07, 6.45) is 3.03. The monoisotopic (exact) mass is 498 g/mol. The molecule has 3 N–H and O–H groups in total. The number of thioether (sulfide) groups is 1. The molecule has 7 nitrogen and oxygen atoms in total. The average Bonchev–Trinajstić information content (AvgIpc) is 2.85. The highest BCUT2D eigenvalue weighted by molar-refractivity contribution is 8.13. The van der Waals surface area contributed by atoms with Crippen LogP contribution >= 0.6 is 11.8 Å². The Morgan fingerprint density at radius 1 is 1.09 bits per heavy atom. The zero-order chi connectivity index (χ0) is 25.3. The summed E-state index contributed by atoms with van der Waals surface area (Å²) in [5, 5.41) is 15.5. The summed E-state index contributed by atoms with van der Waals surface area (Å²) < 4.78 is 5.77. The smallest absolute Gasteiger partial charge is 0.247 e. The molecule has 2 aromatic rings. The second-order valence-corrected chi connectivity index (χ2v) is 10.1. The number of carbonyl (C=O) groups is 3. The number of ether oxygens (including phenoxy) is 1. The van der Waals surface area contributed by atoms with Crippen molar-refractivity contribution < 1.29 is 24.2 Å². The minimum atomic E-state index is -0.823. The molecule has 0 saturated heterocycles. The molecular formula is C27H34N2O5S. The standard InChI is InChI=1S/C27H34N2O5S/c1-3-34-23-13-15-27(16-14-23,18-35-19(2)30)26(33)29-24(17-20-9-11-22(31)12-10-20)25(32)28-21-7-5-4-6-8-21/h4-12,23-24,31H,3,13-18H2,1-2H3,(H,28,32)(H,29,33)/t23-,24-,27+/m0/s1. The summed E-state index contributed by atoms with van der Waals surface area (Å²) in [4.78, 5) is 38.7. The summed E-state index contributed by atoms with van der Waals surface area (Å²) in [5.74, 6) is -0.0308. The van der Waals surface area contributed by atoms with Crippen molar-refractivity contribution in [3.8, 4) is 5.75 Å². The number of phenols is 1. The Kier molecular flexibility index (Phi) is 9.74. The van der Waals surface area contributed by atoms with Gasteiger partial charge in [0, 0.05) is 31.4 Å². The summed E-state index contributed by atoms with van der Waals surface area (Å²) in [7, 11) is 0. The number of hydrogen-bond acceptors (Lipinski definition) is 6. The number of rotatable bonds is 10. The lowest BCUT2D eigenvalue weighted by molar-refractivity contribution is -0.136. The van der Waals surface area contributed by atoms with Crippen LogP contribution in [-0.2, 0) is 25.5 Å². The number of amides is 2. The van der Waals surface area contributed by atoms with Gasteiger partial charge in [0.05, 0.1) is 11.5 Å². The summed E-state index contributed by atoms with van der Waals surface area (Å²) in [5.41, 5.74) is 0.703. The summed E-state index contributed by atoms with van der Waals surface area (Å²) in [6.45, 7) is 4.09. The molecule has 2 aromatic carbocycles. The van der Waals surface area contributed by atoms with E-state index in [4.69, 9.17) is 4.74 Å². The SMILES string of the molecule is CCO[C@H]1CC[C@@](CSC(C)=O)(C(=O)N[C@@H](Cc2ccc(O)cc2)C(=O)Nc2ccccc2)CC1. The Bertz CT molecular complexity index is 988. The van der Waals surface area contributed by atoms with Gasteiger partial charge in [-0.1, -0.05) is 42.1 Å². The number of hydrogen-bond donors (Lipinski definition) is 3. The van der Waals surface area contributed by atoms with E-state index in [-0.39, 0.29) is 35.2 Å². The lowest BCUT2D eigenvalue weighted by Crippen LogP contribution is -2.53. The first kappa shape index (κ1) is 26.8. The van der Waals surface area contributed by atoms with Crippen LogP contribution in [0.25, 0.3) is 0 Å². The van der Waals surface area contributed by atoms with Gasteiger partial charge in [0.2, 0.25) is 11.8 Å². The molecule has 0 radical (unpaired) electrons. The Morgan fingerprint density at radius 2 is 1.74 bits per heavy atom. The van der Waals surface area contributed by atoms with Gasteiger partial charge in [0.15, 0.2) is 5.12 Å². The van der Waals surface area contributed by atoms with Crippen LogP contribution in [0.2, 0.25) is 0 Å². The minimum absolute atomic E-state index is 0.0356. The van der Waals surface area contributed by atoms with Gasteiger partial charge in [-0.3, -0.25) is 14.4 Å². The number of anilines is 1. The third kappa shape index (κ3) is 7.83. The van der Waals surface area contributed by atoms with Crippen LogP contribution < -0.4 is 10.6 Å². The molecular weight excluding hydrogens is 464 g/mol. The third-order valence-corrected chi connectivity index (χ3v) is 7.47. The zero-order valence-corrected chi connectivity index (χ0v) is 21.1. The maximum atomic E-state index is 13.7. The van der Waals surface area contributed by atoms with Crippen molar-refractivity contribution in [2.45, 2.75) is 58.1 Å². The van der Waals surface area contributed by atoms with Gasteiger partial charge in [-0.2, -0.15) is 0 Å². The number of benzene rings is 2. The molecule has 1 aliphatic rings. The predicted octanol–water partition coefficient (Wildman–Crippen LogP) is 4.30. The molecule has 0 unspecified atom stereocenters. The molecule has 1 saturated carbocycles. The summed E-state index contributed by atoms with van der Waals surface area (Å²) >= 11 is 1.15. The van der Waals surface area contributed by atoms with E-state index in [1.165, 1.54) is 6.92 Å². The minimum Gasteiger partial charge on any atom is -0.508 e. The summed E-state index contributed by atoms with van der Waals surface area (Å²) in [6, 6.07) is 14.9. The van der Waals surface area contributed by atoms with E-state index in [9.17, 15) is 19.5 Å². The van der Waals surface area contributed by atoms with Crippen LogP contribution in [0.15, 0.2) is 54.6 Å². The fourth-order valence-electron chi connectivity index (χ4n) is 4.36. The van der Waals surface area contributed by atoms with Crippen LogP contribution in [0.1, 0.15) is 45.1 Å². The predicted molar refractivity (Wildman–Crippen MR) is 138 cm³/mol. The molecule has 35 heavy (non-hydrogen) atoms. The van der Waals surface area contributed by atoms with Crippen LogP contribution in [0.5, 0.6) is 5.75 Å². The van der Waals surface area contributed by atoms with E-state index in [1.807, 2.05) is 25.1 Å². The first-order chi connectivity index (χ1) is 16.8. The quantitative estimate of drug-likeness (QED) is 0.451. The van der Waals surface area contributed by atoms with Gasteiger partial charge in [-0.15, -0.1) is 0 Å². The normalized spacial score (nSPS) is 20.6. The van der Waals surface area contributed by atoms with Gasteiger partial charge >= 0.3 is 0 Å². The lowest BCUT2D eigenvalue weighted by atomic mass is 9.73. The largest absolute Gasteiger partial charge is 0.508 e. The van der Waals surface area contributed by atoms with Crippen LogP contribution in [0.4, 0.5) is 5.69 Å². The maximum absolute atomic E-state index is 13.7. The van der Waals surface area contributed by atoms with Gasteiger partial charge in [-0.25, -0.2) is 0 Å². The van der Waals surface area contributed by atoms with Crippen molar-refractivity contribution in [2.75, 3.05) is 17.7 Å². The molecule has 188 valence electrons. The third-order valence-electron chi connectivity index (χ3n) is 6.36. The highest BCUT2D eigenvalue weighted by Crippen LogP contribution is 2.40. The van der Waals surface area contributed by atoms with Crippen molar-refractivity contribution in [3.05, 3.63) is 60.2 Å². The van der Waals surface area contributed by atoms with Gasteiger partial charge in [-0.05, 0) is 62.4 Å². The Morgan fingerprint density at radius 3 is 2.34 bits per heavy atom. The van der Waals surface area contributed by atoms with E-state index in [0.717, 1.165) is 30.2 Å². The van der Waals surface area contributed by atoms with Gasteiger partial charge < -0.3 is 20.5 Å². The van der Waals surface area contributed by atoms with Gasteiger partial charge in [0.25, 0.3) is 0 Å². The van der Waals surface area contributed by atoms with Crippen LogP contribution in [-0.4, -0.2) is 46.5 Å². The maximum Gasteiger partial charge on any atom is 0.247 e. The highest BCUT2D eigenvalue weighted by atomic mass is 32.2. The van der Waals surface area contributed by atoms with E-state index in [2.05, 4.69) is 10.6 Å². The second-order valence-electron chi connectivity index (χ2n) is 8.97. The first-order valence-electron chi connectivity index (χ1n) is 12.0. The number of para-hydroxylation sites is 1. The molecule has 8 heteroatoms. The van der Waals surface area contributed by atoms with E-state index in [1.54, 1.807) is 36.4 Å².